The Morgan fingerprint density at radius 3 is 1.50 bits per heavy atom. The van der Waals surface area contributed by atoms with Gasteiger partial charge in [0.1, 0.15) is 0 Å². The molecule has 6 heteroatoms. The molecule has 0 fully saturated rings. The van der Waals surface area contributed by atoms with Crippen LogP contribution in [0.4, 0.5) is 0 Å². The fourth-order valence-corrected chi connectivity index (χ4v) is 0. The summed E-state index contributed by atoms with van der Waals surface area (Å²) in [5.41, 5.74) is 0. The number of hydrogen-bond donors (Lipinski definition) is 0. The zero-order valence-electron chi connectivity index (χ0n) is 4.75. The Hall–Kier alpha value is 0.877. The molecule has 6 heavy (non-hydrogen) atoms. The van der Waals surface area contributed by atoms with Gasteiger partial charge in [-0.15, -0.1) is 0 Å². The Labute approximate surface area is 65.7 Å². The van der Waals surface area contributed by atoms with Gasteiger partial charge in [-0.3, -0.25) is 0 Å². The van der Waals surface area contributed by atoms with E-state index in [0.29, 0.717) is 0 Å². The summed E-state index contributed by atoms with van der Waals surface area (Å²) in [6.07, 6.45) is 0. The Morgan fingerprint density at radius 2 is 1.50 bits per heavy atom. The van der Waals surface area contributed by atoms with Crippen LogP contribution in [0, 0.1) is 0 Å². The number of rotatable bonds is 0. The molecule has 0 aromatic heterocycles. The molecule has 0 aromatic rings. The Kier molecular flexibility index (Phi) is 24.5. The monoisotopic (exact) mass is 160 g/mol. The molecule has 0 heterocycles. The molecule has 0 atom stereocenters. The van der Waals surface area contributed by atoms with Gasteiger partial charge in [0.25, 0.3) is 0 Å². The summed E-state index contributed by atoms with van der Waals surface area (Å²) < 4.78 is 8.52. The van der Waals surface area contributed by atoms with Crippen molar-refractivity contribution in [3.05, 3.63) is 0 Å². The minimum Gasteiger partial charge on any atom is -1.00 e. The van der Waals surface area contributed by atoms with Gasteiger partial charge in [0, 0.05) is 9.17 Å². The SMILES string of the molecule is O=[Si]([O-])[O-].[H-].[H-].[Mg+2].[Ni+2]. The predicted molar refractivity (Wildman–Crippen MR) is 14.4 cm³/mol. The molecule has 0 radical (unpaired) electrons. The Bertz CT molecular complexity index is 40.3. The van der Waals surface area contributed by atoms with Gasteiger partial charge in [0.15, 0.2) is 0 Å². The summed E-state index contributed by atoms with van der Waals surface area (Å²) in [6, 6.07) is 0. The summed E-state index contributed by atoms with van der Waals surface area (Å²) in [5, 5.41) is 0. The van der Waals surface area contributed by atoms with Crippen LogP contribution < -0.4 is 9.59 Å². The van der Waals surface area contributed by atoms with E-state index in [1.165, 1.54) is 0 Å². The molecule has 0 N–H and O–H groups in total. The van der Waals surface area contributed by atoms with Crippen LogP contribution in [0.2, 0.25) is 0 Å². The fraction of sp³-hybridized carbons (Fsp3) is 0. The van der Waals surface area contributed by atoms with Crippen LogP contribution in [0.1, 0.15) is 2.85 Å². The molecule has 0 aliphatic heterocycles. The zero-order chi connectivity index (χ0) is 3.58. The first-order valence-electron chi connectivity index (χ1n) is 0.612. The van der Waals surface area contributed by atoms with E-state index in [4.69, 9.17) is 14.1 Å². The minimum absolute atomic E-state index is 0. The van der Waals surface area contributed by atoms with Crippen molar-refractivity contribution < 1.29 is 33.4 Å². The van der Waals surface area contributed by atoms with Crippen LogP contribution in [0.5, 0.6) is 0 Å². The first-order valence-corrected chi connectivity index (χ1v) is 1.84. The summed E-state index contributed by atoms with van der Waals surface area (Å²) in [5.74, 6) is 0. The molecule has 0 spiro atoms. The van der Waals surface area contributed by atoms with E-state index in [2.05, 4.69) is 0 Å². The molecule has 0 saturated carbocycles. The first-order chi connectivity index (χ1) is 1.73. The molecule has 0 rings (SSSR count). The van der Waals surface area contributed by atoms with Gasteiger partial charge < -0.3 is 16.9 Å². The summed E-state index contributed by atoms with van der Waals surface area (Å²) in [6.45, 7) is 0. The Morgan fingerprint density at radius 1 is 1.50 bits per heavy atom. The molecule has 0 aromatic carbocycles. The molecule has 0 aliphatic rings. The van der Waals surface area contributed by atoms with Gasteiger partial charge in [0.2, 0.25) is 0 Å². The van der Waals surface area contributed by atoms with Crippen molar-refractivity contribution in [2.45, 2.75) is 0 Å². The van der Waals surface area contributed by atoms with Crippen molar-refractivity contribution in [1.29, 1.82) is 0 Å². The number of hydrogen-bond acceptors (Lipinski definition) is 3. The van der Waals surface area contributed by atoms with Crippen LogP contribution in [-0.4, -0.2) is 32.2 Å². The second-order valence-electron chi connectivity index (χ2n) is 0.250. The van der Waals surface area contributed by atoms with Crippen molar-refractivity contribution in [3.63, 3.8) is 0 Å². The second-order valence-corrected chi connectivity index (χ2v) is 0.750. The minimum atomic E-state index is -3.63. The maximum absolute atomic E-state index is 8.52. The first kappa shape index (κ1) is 15.8. The fourth-order valence-electron chi connectivity index (χ4n) is 0. The van der Waals surface area contributed by atoms with Crippen molar-refractivity contribution in [1.82, 2.24) is 0 Å². The third kappa shape index (κ3) is 95.4. The molecule has 0 saturated heterocycles. The van der Waals surface area contributed by atoms with Gasteiger partial charge in [0.05, 0.1) is 0 Å². The third-order valence-electron chi connectivity index (χ3n) is 0. The predicted octanol–water partition coefficient (Wildman–Crippen LogP) is -3.04. The van der Waals surface area contributed by atoms with Gasteiger partial charge >= 0.3 is 39.5 Å². The van der Waals surface area contributed by atoms with Crippen molar-refractivity contribution in [3.8, 4) is 0 Å². The van der Waals surface area contributed by atoms with Crippen LogP contribution in [-0.2, 0) is 21.0 Å². The second kappa shape index (κ2) is 9.30. The largest absolute Gasteiger partial charge is 2.00 e. The molecular weight excluding hydrogens is 159 g/mol. The van der Waals surface area contributed by atoms with Crippen LogP contribution in [0.25, 0.3) is 0 Å². The van der Waals surface area contributed by atoms with E-state index in [1.54, 1.807) is 0 Å². The molecule has 3 nitrogen and oxygen atoms in total. The zero-order valence-corrected chi connectivity index (χ0v) is 6.15. The molecule has 36 valence electrons. The van der Waals surface area contributed by atoms with Gasteiger partial charge in [-0.05, 0) is 0 Å². The molecule has 0 unspecified atom stereocenters. The van der Waals surface area contributed by atoms with Crippen LogP contribution in [0.15, 0.2) is 0 Å². The van der Waals surface area contributed by atoms with Gasteiger partial charge in [-0.1, -0.05) is 0 Å². The van der Waals surface area contributed by atoms with E-state index in [9.17, 15) is 0 Å². The van der Waals surface area contributed by atoms with Crippen molar-refractivity contribution in [2.75, 3.05) is 0 Å². The summed E-state index contributed by atoms with van der Waals surface area (Å²) >= 11 is 0. The third-order valence-corrected chi connectivity index (χ3v) is 0. The van der Waals surface area contributed by atoms with Crippen molar-refractivity contribution in [2.24, 2.45) is 0 Å². The summed E-state index contributed by atoms with van der Waals surface area (Å²) in [7, 11) is -3.63. The topological polar surface area (TPSA) is 63.2 Å². The summed E-state index contributed by atoms with van der Waals surface area (Å²) in [4.78, 5) is 17.0. The maximum atomic E-state index is 8.52. The normalized spacial score (nSPS) is 4.00. The van der Waals surface area contributed by atoms with E-state index in [-0.39, 0.29) is 42.4 Å². The quantitative estimate of drug-likeness (QED) is 0.355. The average molecular weight is 161 g/mol. The Balaban J connectivity index is -0.00000000750. The molecule has 0 bridgehead atoms. The standard InChI is InChI=1S/Mg.Ni.O3Si.2H/c;;1-4(2)3;;/q2*+2;-2;2*-1. The van der Waals surface area contributed by atoms with E-state index in [1.807, 2.05) is 0 Å². The molecule has 0 aliphatic carbocycles. The maximum Gasteiger partial charge on any atom is 2.00 e. The van der Waals surface area contributed by atoms with Crippen LogP contribution in [0.3, 0.4) is 0 Å². The molecular formula is H2MgNiO3Si. The smallest absolute Gasteiger partial charge is 1.00 e. The van der Waals surface area contributed by atoms with E-state index >= 15 is 0 Å². The molecule has 0 amide bonds. The van der Waals surface area contributed by atoms with E-state index < -0.39 is 9.17 Å². The average Bonchev–Trinajstić information content (AvgIpc) is 0.811. The van der Waals surface area contributed by atoms with Gasteiger partial charge in [-0.25, -0.2) is 0 Å². The van der Waals surface area contributed by atoms with Crippen LogP contribution >= 0.6 is 0 Å². The van der Waals surface area contributed by atoms with E-state index in [0.717, 1.165) is 0 Å². The van der Waals surface area contributed by atoms with Crippen molar-refractivity contribution >= 4 is 32.2 Å². The van der Waals surface area contributed by atoms with Gasteiger partial charge in [-0.2, -0.15) is 0 Å².